The summed E-state index contributed by atoms with van der Waals surface area (Å²) in [4.78, 5) is 10.8. The van der Waals surface area contributed by atoms with Crippen molar-refractivity contribution in [3.05, 3.63) is 30.1 Å². The first-order valence-electron chi connectivity index (χ1n) is 5.87. The van der Waals surface area contributed by atoms with Gasteiger partial charge in [0.2, 0.25) is 0 Å². The predicted molar refractivity (Wildman–Crippen MR) is 64.8 cm³/mol. The molecule has 0 saturated heterocycles. The minimum absolute atomic E-state index is 0.0598. The Morgan fingerprint density at radius 2 is 2.11 bits per heavy atom. The number of benzene rings is 1. The van der Waals surface area contributed by atoms with Gasteiger partial charge in [-0.1, -0.05) is 6.92 Å². The first-order chi connectivity index (χ1) is 9.11. The number of carbonyl (C=O) groups is 1. The second-order valence-corrected chi connectivity index (χ2v) is 4.11. The molecule has 0 aliphatic carbocycles. The van der Waals surface area contributed by atoms with Crippen LogP contribution in [0.15, 0.2) is 24.3 Å². The molecule has 2 aromatic rings. The highest BCUT2D eigenvalue weighted by atomic mass is 19.1. The lowest BCUT2D eigenvalue weighted by Gasteiger charge is -2.14. The van der Waals surface area contributed by atoms with E-state index in [1.807, 2.05) is 6.92 Å². The highest BCUT2D eigenvalue weighted by Gasteiger charge is 2.19. The molecule has 0 spiro atoms. The van der Waals surface area contributed by atoms with Crippen molar-refractivity contribution in [2.45, 2.75) is 25.8 Å². The molecule has 1 aromatic heterocycles. The van der Waals surface area contributed by atoms with Gasteiger partial charge in [0.15, 0.2) is 5.82 Å². The number of aromatic nitrogens is 4. The molecule has 7 heteroatoms. The van der Waals surface area contributed by atoms with Crippen LogP contribution in [0.1, 0.15) is 25.8 Å². The maximum absolute atomic E-state index is 12.9. The minimum Gasteiger partial charge on any atom is -0.481 e. The molecule has 0 fully saturated rings. The van der Waals surface area contributed by atoms with E-state index in [-0.39, 0.29) is 18.3 Å². The van der Waals surface area contributed by atoms with Crippen LogP contribution < -0.4 is 0 Å². The molecule has 6 nitrogen and oxygen atoms in total. The molecule has 0 radical (unpaired) electrons. The number of nitrogens with zero attached hydrogens (tertiary/aromatic N) is 4. The van der Waals surface area contributed by atoms with E-state index in [4.69, 9.17) is 5.11 Å². The minimum atomic E-state index is -0.910. The average molecular weight is 264 g/mol. The van der Waals surface area contributed by atoms with Crippen LogP contribution in [0.5, 0.6) is 0 Å². The predicted octanol–water partition coefficient (Wildman–Crippen LogP) is 1.90. The van der Waals surface area contributed by atoms with E-state index in [1.54, 1.807) is 12.1 Å². The lowest BCUT2D eigenvalue weighted by atomic mass is 10.1. The third kappa shape index (κ3) is 2.93. The number of hydrogen-bond acceptors (Lipinski definition) is 4. The van der Waals surface area contributed by atoms with Crippen molar-refractivity contribution in [3.63, 3.8) is 0 Å². The number of carboxylic acid groups (broad SMARTS) is 1. The van der Waals surface area contributed by atoms with Crippen molar-refractivity contribution in [2.75, 3.05) is 0 Å². The normalized spacial score (nSPS) is 12.3. The van der Waals surface area contributed by atoms with Crippen molar-refractivity contribution in [1.82, 2.24) is 20.2 Å². The fourth-order valence-electron chi connectivity index (χ4n) is 1.83. The van der Waals surface area contributed by atoms with E-state index in [0.29, 0.717) is 17.8 Å². The lowest BCUT2D eigenvalue weighted by molar-refractivity contribution is -0.138. The first-order valence-corrected chi connectivity index (χ1v) is 5.87. The summed E-state index contributed by atoms with van der Waals surface area (Å²) < 4.78 is 14.4. The molecular weight excluding hydrogens is 251 g/mol. The van der Waals surface area contributed by atoms with Gasteiger partial charge in [-0.25, -0.2) is 9.07 Å². The van der Waals surface area contributed by atoms with E-state index >= 15 is 0 Å². The van der Waals surface area contributed by atoms with Gasteiger partial charge >= 0.3 is 5.97 Å². The molecule has 0 amide bonds. The van der Waals surface area contributed by atoms with Crippen LogP contribution >= 0.6 is 0 Å². The van der Waals surface area contributed by atoms with Crippen molar-refractivity contribution >= 4 is 5.97 Å². The highest BCUT2D eigenvalue weighted by Crippen LogP contribution is 2.23. The zero-order chi connectivity index (χ0) is 13.8. The smallest absolute Gasteiger partial charge is 0.305 e. The Morgan fingerprint density at radius 3 is 2.68 bits per heavy atom. The molecule has 0 aliphatic heterocycles. The number of tetrazole rings is 1. The van der Waals surface area contributed by atoms with Gasteiger partial charge in [0.05, 0.1) is 12.5 Å². The summed E-state index contributed by atoms with van der Waals surface area (Å²) in [5.74, 6) is -0.819. The van der Waals surface area contributed by atoms with Crippen LogP contribution in [-0.2, 0) is 4.79 Å². The van der Waals surface area contributed by atoms with Gasteiger partial charge in [-0.3, -0.25) is 4.79 Å². The SMILES string of the molecule is CCC(CC(=O)O)n1nnnc1-c1ccc(F)cc1. The Labute approximate surface area is 108 Å². The fraction of sp³-hybridized carbons (Fsp3) is 0.333. The molecule has 19 heavy (non-hydrogen) atoms. The summed E-state index contributed by atoms with van der Waals surface area (Å²) in [6.07, 6.45) is 0.529. The van der Waals surface area contributed by atoms with E-state index in [1.165, 1.54) is 16.8 Å². The van der Waals surface area contributed by atoms with E-state index in [0.717, 1.165) is 0 Å². The van der Waals surface area contributed by atoms with Crippen molar-refractivity contribution in [1.29, 1.82) is 0 Å². The van der Waals surface area contributed by atoms with Gasteiger partial charge in [0.25, 0.3) is 0 Å². The van der Waals surface area contributed by atoms with Gasteiger partial charge in [-0.05, 0) is 41.1 Å². The van der Waals surface area contributed by atoms with E-state index in [9.17, 15) is 9.18 Å². The Kier molecular flexibility index (Phi) is 3.84. The van der Waals surface area contributed by atoms with Gasteiger partial charge < -0.3 is 5.11 Å². The van der Waals surface area contributed by atoms with Crippen molar-refractivity contribution < 1.29 is 14.3 Å². The molecule has 0 bridgehead atoms. The van der Waals surface area contributed by atoms with Gasteiger partial charge in [0, 0.05) is 5.56 Å². The molecule has 1 aromatic carbocycles. The van der Waals surface area contributed by atoms with Crippen molar-refractivity contribution in [3.8, 4) is 11.4 Å². The lowest BCUT2D eigenvalue weighted by Crippen LogP contribution is -2.15. The van der Waals surface area contributed by atoms with Crippen LogP contribution in [0.3, 0.4) is 0 Å². The zero-order valence-electron chi connectivity index (χ0n) is 10.3. The Bertz CT molecular complexity index is 567. The quantitative estimate of drug-likeness (QED) is 0.892. The maximum atomic E-state index is 12.9. The van der Waals surface area contributed by atoms with Gasteiger partial charge in [0.1, 0.15) is 5.82 Å². The summed E-state index contributed by atoms with van der Waals surface area (Å²) in [6.45, 7) is 1.86. The van der Waals surface area contributed by atoms with Gasteiger partial charge in [-0.15, -0.1) is 5.10 Å². The second kappa shape index (κ2) is 5.55. The molecule has 1 N–H and O–H groups in total. The summed E-state index contributed by atoms with van der Waals surface area (Å²) >= 11 is 0. The Balaban J connectivity index is 2.35. The van der Waals surface area contributed by atoms with Gasteiger partial charge in [-0.2, -0.15) is 0 Å². The highest BCUT2D eigenvalue weighted by molar-refractivity contribution is 5.67. The molecule has 1 atom stereocenters. The molecule has 0 aliphatic rings. The van der Waals surface area contributed by atoms with Crippen LogP contribution in [0.4, 0.5) is 4.39 Å². The number of aliphatic carboxylic acids is 1. The molecule has 2 rings (SSSR count). The number of carboxylic acids is 1. The summed E-state index contributed by atoms with van der Waals surface area (Å²) in [5, 5.41) is 20.2. The monoisotopic (exact) mass is 264 g/mol. The van der Waals surface area contributed by atoms with Crippen LogP contribution in [0, 0.1) is 5.82 Å². The summed E-state index contributed by atoms with van der Waals surface area (Å²) in [5.41, 5.74) is 0.648. The van der Waals surface area contributed by atoms with Crippen molar-refractivity contribution in [2.24, 2.45) is 0 Å². The molecule has 0 saturated carbocycles. The summed E-state index contributed by atoms with van der Waals surface area (Å²) in [7, 11) is 0. The van der Waals surface area contributed by atoms with E-state index < -0.39 is 5.97 Å². The number of halogens is 1. The topological polar surface area (TPSA) is 80.9 Å². The largest absolute Gasteiger partial charge is 0.481 e. The fourth-order valence-corrected chi connectivity index (χ4v) is 1.83. The van der Waals surface area contributed by atoms with Crippen LogP contribution in [0.25, 0.3) is 11.4 Å². The standard InChI is InChI=1S/C12H13FN4O2/c1-2-10(7-11(18)19)17-12(14-15-16-17)8-3-5-9(13)6-4-8/h3-6,10H,2,7H2,1H3,(H,18,19). The number of rotatable bonds is 5. The molecular formula is C12H13FN4O2. The summed E-state index contributed by atoms with van der Waals surface area (Å²) in [6, 6.07) is 5.42. The first kappa shape index (κ1) is 13.1. The zero-order valence-corrected chi connectivity index (χ0v) is 10.3. The second-order valence-electron chi connectivity index (χ2n) is 4.11. The Morgan fingerprint density at radius 1 is 1.42 bits per heavy atom. The number of hydrogen-bond donors (Lipinski definition) is 1. The van der Waals surface area contributed by atoms with Crippen LogP contribution in [-0.4, -0.2) is 31.3 Å². The molecule has 100 valence electrons. The molecule has 1 unspecified atom stereocenters. The molecule has 1 heterocycles. The third-order valence-electron chi connectivity index (χ3n) is 2.82. The Hall–Kier alpha value is -2.31. The average Bonchev–Trinajstić information content (AvgIpc) is 2.85. The van der Waals surface area contributed by atoms with Crippen LogP contribution in [0.2, 0.25) is 0 Å². The van der Waals surface area contributed by atoms with E-state index in [2.05, 4.69) is 15.5 Å². The maximum Gasteiger partial charge on any atom is 0.305 e. The third-order valence-corrected chi connectivity index (χ3v) is 2.82.